The average Bonchev–Trinajstić information content (AvgIpc) is 3.04. The van der Waals surface area contributed by atoms with Crippen molar-refractivity contribution >= 4 is 52.2 Å². The van der Waals surface area contributed by atoms with E-state index in [1.807, 2.05) is 13.8 Å². The number of nitrogens with zero attached hydrogens (tertiary/aromatic N) is 2. The van der Waals surface area contributed by atoms with E-state index in [-0.39, 0.29) is 5.91 Å². The fourth-order valence-electron chi connectivity index (χ4n) is 2.93. The Morgan fingerprint density at radius 1 is 1.16 bits per heavy atom. The van der Waals surface area contributed by atoms with E-state index in [2.05, 4.69) is 4.99 Å². The molecule has 3 rings (SSSR count). The van der Waals surface area contributed by atoms with Gasteiger partial charge in [0, 0.05) is 11.6 Å². The number of amidine groups is 1. The second-order valence-electron chi connectivity index (χ2n) is 6.76. The second kappa shape index (κ2) is 11.1. The van der Waals surface area contributed by atoms with Crippen LogP contribution in [-0.2, 0) is 9.59 Å². The quantitative estimate of drug-likeness (QED) is 0.501. The number of ether oxygens (including phenoxy) is 2. The van der Waals surface area contributed by atoms with Crippen LogP contribution in [0.3, 0.4) is 0 Å². The molecule has 0 unspecified atom stereocenters. The molecule has 2 aromatic rings. The lowest BCUT2D eigenvalue weighted by atomic mass is 10.2. The van der Waals surface area contributed by atoms with Crippen LogP contribution in [0, 0.1) is 0 Å². The molecule has 1 aliphatic heterocycles. The minimum Gasteiger partial charge on any atom is -0.490 e. The van der Waals surface area contributed by atoms with Gasteiger partial charge in [-0.05, 0) is 73.1 Å². The minimum atomic E-state index is -1.07. The lowest BCUT2D eigenvalue weighted by molar-refractivity contribution is -0.139. The fraction of sp³-hybridized carbons (Fsp3) is 0.261. The maximum Gasteiger partial charge on any atom is 0.341 e. The first-order valence-electron chi connectivity index (χ1n) is 10.1. The monoisotopic (exact) mass is 474 g/mol. The molecule has 1 saturated heterocycles. The highest BCUT2D eigenvalue weighted by atomic mass is 35.5. The molecule has 7 nitrogen and oxygen atoms in total. The van der Waals surface area contributed by atoms with Gasteiger partial charge < -0.3 is 14.6 Å². The Bertz CT molecular complexity index is 1050. The summed E-state index contributed by atoms with van der Waals surface area (Å²) in [7, 11) is 0. The number of hydrogen-bond acceptors (Lipinski definition) is 6. The molecule has 2 aromatic carbocycles. The number of benzene rings is 2. The van der Waals surface area contributed by atoms with Crippen molar-refractivity contribution in [2.45, 2.75) is 20.3 Å². The number of aliphatic imine (C=N–C) groups is 1. The summed E-state index contributed by atoms with van der Waals surface area (Å²) < 4.78 is 10.9. The molecule has 0 saturated carbocycles. The normalized spacial score (nSPS) is 16.1. The molecule has 1 fully saturated rings. The first kappa shape index (κ1) is 23.7. The molecule has 0 bridgehead atoms. The van der Waals surface area contributed by atoms with E-state index in [0.29, 0.717) is 45.4 Å². The number of amides is 1. The molecule has 1 heterocycles. The molecular formula is C23H23ClN2O5S. The molecule has 1 N–H and O–H groups in total. The molecule has 0 aromatic heterocycles. The Labute approximate surface area is 195 Å². The van der Waals surface area contributed by atoms with E-state index in [1.165, 1.54) is 11.8 Å². The lowest BCUT2D eigenvalue weighted by Crippen LogP contribution is -2.29. The highest BCUT2D eigenvalue weighted by Crippen LogP contribution is 2.36. The number of carbonyl (C=O) groups excluding carboxylic acids is 1. The van der Waals surface area contributed by atoms with Gasteiger partial charge in [0.1, 0.15) is 0 Å². The maximum absolute atomic E-state index is 13.0. The maximum atomic E-state index is 13.0. The molecular weight excluding hydrogens is 452 g/mol. The lowest BCUT2D eigenvalue weighted by Gasteiger charge is -2.14. The Hall–Kier alpha value is -2.97. The Balaban J connectivity index is 1.89. The smallest absolute Gasteiger partial charge is 0.341 e. The molecule has 0 atom stereocenters. The fourth-order valence-corrected chi connectivity index (χ4v) is 4.08. The minimum absolute atomic E-state index is 0.117. The number of rotatable bonds is 9. The van der Waals surface area contributed by atoms with Gasteiger partial charge in [0.25, 0.3) is 5.91 Å². The summed E-state index contributed by atoms with van der Waals surface area (Å²) in [6.45, 7) is 4.31. The topological polar surface area (TPSA) is 88.4 Å². The number of carbonyl (C=O) groups is 2. The van der Waals surface area contributed by atoms with Gasteiger partial charge >= 0.3 is 5.97 Å². The first-order valence-corrected chi connectivity index (χ1v) is 11.3. The molecule has 0 spiro atoms. The summed E-state index contributed by atoms with van der Waals surface area (Å²) in [5.41, 5.74) is 1.45. The van der Waals surface area contributed by atoms with E-state index < -0.39 is 12.6 Å². The van der Waals surface area contributed by atoms with Crippen molar-refractivity contribution in [3.8, 4) is 11.5 Å². The van der Waals surface area contributed by atoms with Crippen molar-refractivity contribution in [3.05, 3.63) is 58.0 Å². The summed E-state index contributed by atoms with van der Waals surface area (Å²) in [6.07, 6.45) is 2.56. The summed E-state index contributed by atoms with van der Waals surface area (Å²) >= 11 is 7.25. The van der Waals surface area contributed by atoms with Gasteiger partial charge in [-0.1, -0.05) is 24.6 Å². The van der Waals surface area contributed by atoms with Crippen LogP contribution in [-0.4, -0.2) is 46.8 Å². The molecule has 32 heavy (non-hydrogen) atoms. The third-order valence-electron chi connectivity index (χ3n) is 4.30. The largest absolute Gasteiger partial charge is 0.490 e. The Morgan fingerprint density at radius 3 is 2.56 bits per heavy atom. The number of aliphatic carboxylic acids is 1. The van der Waals surface area contributed by atoms with Crippen LogP contribution in [0.15, 0.2) is 52.4 Å². The zero-order chi connectivity index (χ0) is 23.1. The van der Waals surface area contributed by atoms with Gasteiger partial charge in [-0.2, -0.15) is 0 Å². The SMILES string of the molecule is CCCN1C(=O)/C(=C/c2ccc(OCC(=O)O)c(OCC)c2)SC1=Nc1ccc(Cl)cc1. The van der Waals surface area contributed by atoms with Crippen LogP contribution in [0.4, 0.5) is 5.69 Å². The molecule has 9 heteroatoms. The summed E-state index contributed by atoms with van der Waals surface area (Å²) in [5.74, 6) is -0.442. The van der Waals surface area contributed by atoms with E-state index in [9.17, 15) is 9.59 Å². The summed E-state index contributed by atoms with van der Waals surface area (Å²) in [4.78, 5) is 30.7. The van der Waals surface area contributed by atoms with Crippen molar-refractivity contribution in [2.75, 3.05) is 19.8 Å². The van der Waals surface area contributed by atoms with Crippen molar-refractivity contribution in [3.63, 3.8) is 0 Å². The number of carboxylic acids is 1. The van der Waals surface area contributed by atoms with Crippen molar-refractivity contribution < 1.29 is 24.2 Å². The first-order chi connectivity index (χ1) is 15.4. The van der Waals surface area contributed by atoms with Gasteiger partial charge in [0.05, 0.1) is 17.2 Å². The Kier molecular flexibility index (Phi) is 8.19. The van der Waals surface area contributed by atoms with Gasteiger partial charge in [-0.25, -0.2) is 9.79 Å². The molecule has 0 radical (unpaired) electrons. The summed E-state index contributed by atoms with van der Waals surface area (Å²) in [6, 6.07) is 12.2. The highest BCUT2D eigenvalue weighted by molar-refractivity contribution is 8.18. The van der Waals surface area contributed by atoms with Crippen LogP contribution < -0.4 is 9.47 Å². The average molecular weight is 475 g/mol. The molecule has 1 aliphatic rings. The van der Waals surface area contributed by atoms with Crippen LogP contribution >= 0.6 is 23.4 Å². The standard InChI is InChI=1S/C23H23ClN2O5S/c1-3-11-26-22(29)20(32-23(26)25-17-8-6-16(24)7-9-17)13-15-5-10-18(31-14-21(27)28)19(12-15)30-4-2/h5-10,12-13H,3-4,11,14H2,1-2H3,(H,27,28)/b20-13-,25-23?. The second-order valence-corrected chi connectivity index (χ2v) is 8.21. The Morgan fingerprint density at radius 2 is 1.91 bits per heavy atom. The number of carboxylic acid groups (broad SMARTS) is 1. The van der Waals surface area contributed by atoms with Crippen molar-refractivity contribution in [1.82, 2.24) is 4.90 Å². The zero-order valence-corrected chi connectivity index (χ0v) is 19.3. The molecule has 0 aliphatic carbocycles. The van der Waals surface area contributed by atoms with Gasteiger partial charge in [-0.3, -0.25) is 9.69 Å². The predicted molar refractivity (Wildman–Crippen MR) is 127 cm³/mol. The van der Waals surface area contributed by atoms with Gasteiger partial charge in [-0.15, -0.1) is 0 Å². The van der Waals surface area contributed by atoms with Crippen molar-refractivity contribution in [1.29, 1.82) is 0 Å². The zero-order valence-electron chi connectivity index (χ0n) is 17.7. The third-order valence-corrected chi connectivity index (χ3v) is 5.56. The van der Waals surface area contributed by atoms with Crippen LogP contribution in [0.25, 0.3) is 6.08 Å². The third kappa shape index (κ3) is 6.05. The van der Waals surface area contributed by atoms with Crippen LogP contribution in [0.5, 0.6) is 11.5 Å². The van der Waals surface area contributed by atoms with Gasteiger partial charge in [0.15, 0.2) is 23.3 Å². The number of halogens is 1. The predicted octanol–water partition coefficient (Wildman–Crippen LogP) is 5.22. The van der Waals surface area contributed by atoms with E-state index in [1.54, 1.807) is 53.4 Å². The molecule has 1 amide bonds. The number of hydrogen-bond donors (Lipinski definition) is 1. The van der Waals surface area contributed by atoms with E-state index >= 15 is 0 Å². The highest BCUT2D eigenvalue weighted by Gasteiger charge is 2.32. The van der Waals surface area contributed by atoms with E-state index in [0.717, 1.165) is 12.0 Å². The van der Waals surface area contributed by atoms with Crippen molar-refractivity contribution in [2.24, 2.45) is 4.99 Å². The van der Waals surface area contributed by atoms with Crippen LogP contribution in [0.1, 0.15) is 25.8 Å². The number of thioether (sulfide) groups is 1. The van der Waals surface area contributed by atoms with E-state index in [4.69, 9.17) is 26.2 Å². The summed E-state index contributed by atoms with van der Waals surface area (Å²) in [5, 5.41) is 10.1. The van der Waals surface area contributed by atoms with Gasteiger partial charge in [0.2, 0.25) is 0 Å². The van der Waals surface area contributed by atoms with Crippen LogP contribution in [0.2, 0.25) is 5.02 Å². The molecule has 168 valence electrons.